The van der Waals surface area contributed by atoms with Crippen molar-refractivity contribution in [3.8, 4) is 0 Å². The minimum absolute atomic E-state index is 0.0206. The number of nitrogen functional groups attached to an aromatic ring is 1. The van der Waals surface area contributed by atoms with Gasteiger partial charge in [0, 0.05) is 26.2 Å². The number of aromatic nitrogens is 2. The number of nitrogens with zero attached hydrogens (tertiary/aromatic N) is 4. The largest absolute Gasteiger partial charge is 0.395 e. The Morgan fingerprint density at radius 3 is 2.60 bits per heavy atom. The first-order valence-corrected chi connectivity index (χ1v) is 7.40. The van der Waals surface area contributed by atoms with Gasteiger partial charge in [-0.05, 0) is 39.3 Å². The number of aryl methyl sites for hydroxylation is 2. The topological polar surface area (TPSA) is 67.4 Å². The zero-order valence-corrected chi connectivity index (χ0v) is 12.3. The van der Waals surface area contributed by atoms with Gasteiger partial charge in [-0.25, -0.2) is 0 Å². The predicted molar refractivity (Wildman–Crippen MR) is 77.5 cm³/mol. The Morgan fingerprint density at radius 2 is 2.00 bits per heavy atom. The van der Waals surface area contributed by atoms with E-state index in [2.05, 4.69) is 10.00 Å². The summed E-state index contributed by atoms with van der Waals surface area (Å²) >= 11 is 0. The lowest BCUT2D eigenvalue weighted by Gasteiger charge is -2.23. The Morgan fingerprint density at radius 1 is 1.30 bits per heavy atom. The van der Waals surface area contributed by atoms with Gasteiger partial charge < -0.3 is 10.6 Å². The summed E-state index contributed by atoms with van der Waals surface area (Å²) < 4.78 is 1.61. The van der Waals surface area contributed by atoms with E-state index in [1.807, 2.05) is 11.8 Å². The Bertz CT molecular complexity index is 518. The molecule has 1 aromatic heterocycles. The number of carbonyl (C=O) groups excluding carboxylic acids is 1. The van der Waals surface area contributed by atoms with Gasteiger partial charge in [0.25, 0.3) is 5.91 Å². The van der Waals surface area contributed by atoms with Crippen LogP contribution in [-0.2, 0) is 7.05 Å². The summed E-state index contributed by atoms with van der Waals surface area (Å²) in [5, 5.41) is 4.23. The Kier molecular flexibility index (Phi) is 3.41. The van der Waals surface area contributed by atoms with Crippen molar-refractivity contribution in [1.29, 1.82) is 0 Å². The van der Waals surface area contributed by atoms with Gasteiger partial charge in [0.05, 0.1) is 11.4 Å². The molecule has 0 saturated carbocycles. The van der Waals surface area contributed by atoms with Crippen LogP contribution in [0.5, 0.6) is 0 Å². The first kappa shape index (κ1) is 13.4. The summed E-state index contributed by atoms with van der Waals surface area (Å²) in [4.78, 5) is 17.1. The van der Waals surface area contributed by atoms with Gasteiger partial charge in [0.1, 0.15) is 5.69 Å². The van der Waals surface area contributed by atoms with Crippen molar-refractivity contribution in [2.75, 3.05) is 31.9 Å². The van der Waals surface area contributed by atoms with Crippen LogP contribution in [0.15, 0.2) is 0 Å². The standard InChI is InChI=1S/C14H23N5O/c1-10-12(15)13(17(2)16-10)14(20)19-8-5-11(9-19)18-6-3-4-7-18/h11H,3-9,15H2,1-2H3. The van der Waals surface area contributed by atoms with Crippen molar-refractivity contribution in [2.24, 2.45) is 7.05 Å². The molecule has 1 aromatic rings. The van der Waals surface area contributed by atoms with Crippen molar-refractivity contribution < 1.29 is 4.79 Å². The number of nitrogens with two attached hydrogens (primary N) is 1. The number of hydrogen-bond donors (Lipinski definition) is 1. The summed E-state index contributed by atoms with van der Waals surface area (Å²) in [5.74, 6) is 0.0206. The molecule has 2 fully saturated rings. The first-order valence-electron chi connectivity index (χ1n) is 7.40. The third-order valence-corrected chi connectivity index (χ3v) is 4.58. The molecular formula is C14H23N5O. The highest BCUT2D eigenvalue weighted by Gasteiger charge is 2.33. The van der Waals surface area contributed by atoms with Crippen LogP contribution in [0.2, 0.25) is 0 Å². The van der Waals surface area contributed by atoms with Crippen molar-refractivity contribution >= 4 is 11.6 Å². The maximum Gasteiger partial charge on any atom is 0.274 e. The number of anilines is 1. The van der Waals surface area contributed by atoms with Crippen molar-refractivity contribution in [2.45, 2.75) is 32.2 Å². The third-order valence-electron chi connectivity index (χ3n) is 4.58. The fourth-order valence-electron chi connectivity index (χ4n) is 3.41. The lowest BCUT2D eigenvalue weighted by Crippen LogP contribution is -2.37. The second-order valence-electron chi connectivity index (χ2n) is 5.91. The fraction of sp³-hybridized carbons (Fsp3) is 0.714. The fourth-order valence-corrected chi connectivity index (χ4v) is 3.41. The summed E-state index contributed by atoms with van der Waals surface area (Å²) in [6.45, 7) is 5.84. The van der Waals surface area contributed by atoms with Crippen molar-refractivity contribution in [3.63, 3.8) is 0 Å². The van der Waals surface area contributed by atoms with Gasteiger partial charge in [0.15, 0.2) is 0 Å². The number of carbonyl (C=O) groups is 1. The van der Waals surface area contributed by atoms with Crippen LogP contribution in [0.1, 0.15) is 35.4 Å². The smallest absolute Gasteiger partial charge is 0.274 e. The quantitative estimate of drug-likeness (QED) is 0.860. The molecule has 3 rings (SSSR count). The van der Waals surface area contributed by atoms with Gasteiger partial charge in [-0.2, -0.15) is 5.10 Å². The van der Waals surface area contributed by atoms with Gasteiger partial charge >= 0.3 is 0 Å². The molecule has 0 bridgehead atoms. The van der Waals surface area contributed by atoms with Crippen LogP contribution in [0.25, 0.3) is 0 Å². The van der Waals surface area contributed by atoms with E-state index >= 15 is 0 Å². The maximum atomic E-state index is 12.6. The minimum Gasteiger partial charge on any atom is -0.395 e. The number of hydrogen-bond acceptors (Lipinski definition) is 4. The molecule has 2 aliphatic rings. The molecule has 3 heterocycles. The zero-order valence-electron chi connectivity index (χ0n) is 12.3. The molecule has 0 spiro atoms. The number of amides is 1. The summed E-state index contributed by atoms with van der Waals surface area (Å²) in [6, 6.07) is 0.525. The summed E-state index contributed by atoms with van der Waals surface area (Å²) in [5.41, 5.74) is 7.76. The molecule has 1 atom stereocenters. The molecule has 6 nitrogen and oxygen atoms in total. The van der Waals surface area contributed by atoms with Crippen molar-refractivity contribution in [1.82, 2.24) is 19.6 Å². The van der Waals surface area contributed by atoms with E-state index in [9.17, 15) is 4.79 Å². The lowest BCUT2D eigenvalue weighted by atomic mass is 10.2. The first-order chi connectivity index (χ1) is 9.58. The molecule has 0 aromatic carbocycles. The Balaban J connectivity index is 1.72. The van der Waals surface area contributed by atoms with Crippen molar-refractivity contribution in [3.05, 3.63) is 11.4 Å². The molecule has 0 radical (unpaired) electrons. The zero-order chi connectivity index (χ0) is 14.3. The van der Waals surface area contributed by atoms with Crippen LogP contribution in [0.4, 0.5) is 5.69 Å². The molecule has 0 aliphatic carbocycles. The van der Waals surface area contributed by atoms with Crippen LogP contribution in [0, 0.1) is 6.92 Å². The number of rotatable bonds is 2. The second-order valence-corrected chi connectivity index (χ2v) is 5.91. The second kappa shape index (κ2) is 5.09. The highest BCUT2D eigenvalue weighted by atomic mass is 16.2. The molecule has 20 heavy (non-hydrogen) atoms. The molecule has 2 saturated heterocycles. The average Bonchev–Trinajstić information content (AvgIpc) is 3.12. The SMILES string of the molecule is Cc1nn(C)c(C(=O)N2CCC(N3CCCC3)C2)c1N. The van der Waals surface area contributed by atoms with E-state index in [1.165, 1.54) is 25.9 Å². The third kappa shape index (κ3) is 2.18. The van der Waals surface area contributed by atoms with E-state index in [0.717, 1.165) is 25.2 Å². The van der Waals surface area contributed by atoms with E-state index in [0.29, 0.717) is 17.4 Å². The van der Waals surface area contributed by atoms with Crippen LogP contribution < -0.4 is 5.73 Å². The van der Waals surface area contributed by atoms with E-state index < -0.39 is 0 Å². The maximum absolute atomic E-state index is 12.6. The Labute approximate surface area is 119 Å². The van der Waals surface area contributed by atoms with E-state index in [4.69, 9.17) is 5.73 Å². The summed E-state index contributed by atoms with van der Waals surface area (Å²) in [7, 11) is 1.78. The van der Waals surface area contributed by atoms with Crippen LogP contribution >= 0.6 is 0 Å². The average molecular weight is 277 g/mol. The van der Waals surface area contributed by atoms with Crippen LogP contribution in [-0.4, -0.2) is 57.7 Å². The predicted octanol–water partition coefficient (Wildman–Crippen LogP) is 0.621. The summed E-state index contributed by atoms with van der Waals surface area (Å²) in [6.07, 6.45) is 3.65. The molecule has 2 N–H and O–H groups in total. The van der Waals surface area contributed by atoms with Gasteiger partial charge in [-0.3, -0.25) is 14.4 Å². The molecular weight excluding hydrogens is 254 g/mol. The van der Waals surface area contributed by atoms with E-state index in [-0.39, 0.29) is 5.91 Å². The highest BCUT2D eigenvalue weighted by Crippen LogP contribution is 2.24. The van der Waals surface area contributed by atoms with Crippen LogP contribution in [0.3, 0.4) is 0 Å². The molecule has 110 valence electrons. The highest BCUT2D eigenvalue weighted by molar-refractivity contribution is 5.98. The monoisotopic (exact) mass is 277 g/mol. The molecule has 6 heteroatoms. The Hall–Kier alpha value is -1.56. The molecule has 1 unspecified atom stereocenters. The van der Waals surface area contributed by atoms with Gasteiger partial charge in [0.2, 0.25) is 0 Å². The number of likely N-dealkylation sites (tertiary alicyclic amines) is 2. The van der Waals surface area contributed by atoms with E-state index in [1.54, 1.807) is 11.7 Å². The minimum atomic E-state index is 0.0206. The molecule has 1 amide bonds. The molecule has 2 aliphatic heterocycles. The van der Waals surface area contributed by atoms with Gasteiger partial charge in [-0.1, -0.05) is 0 Å². The lowest BCUT2D eigenvalue weighted by molar-refractivity contribution is 0.0770. The normalized spacial score (nSPS) is 23.7. The van der Waals surface area contributed by atoms with Gasteiger partial charge in [-0.15, -0.1) is 0 Å².